The summed E-state index contributed by atoms with van der Waals surface area (Å²) in [5.74, 6) is 0. The minimum atomic E-state index is 0.508. The summed E-state index contributed by atoms with van der Waals surface area (Å²) in [6.45, 7) is 6.60. The zero-order valence-corrected chi connectivity index (χ0v) is 10.5. The van der Waals surface area contributed by atoms with Crippen LogP contribution in [0.15, 0.2) is 0 Å². The molecule has 2 N–H and O–H groups in total. The van der Waals surface area contributed by atoms with E-state index < -0.39 is 0 Å². The Morgan fingerprint density at radius 1 is 1.07 bits per heavy atom. The van der Waals surface area contributed by atoms with E-state index in [0.717, 1.165) is 6.54 Å². The van der Waals surface area contributed by atoms with Gasteiger partial charge in [-0.1, -0.05) is 26.7 Å². The predicted octanol–water partition coefficient (Wildman–Crippen LogP) is 2.48. The number of nitrogens with zero attached hydrogens (tertiary/aromatic N) is 1. The van der Waals surface area contributed by atoms with Crippen molar-refractivity contribution in [2.45, 2.75) is 46.0 Å². The van der Waals surface area contributed by atoms with Crippen LogP contribution in [-0.2, 0) is 0 Å². The van der Waals surface area contributed by atoms with Crippen LogP contribution in [-0.4, -0.2) is 32.1 Å². The topological polar surface area (TPSA) is 29.3 Å². The summed E-state index contributed by atoms with van der Waals surface area (Å²) in [6, 6.07) is 0. The molecular weight excluding hydrogens is 172 g/mol. The third kappa shape index (κ3) is 4.97. The maximum Gasteiger partial charge on any atom is -0.00195 e. The van der Waals surface area contributed by atoms with E-state index >= 15 is 0 Å². The Hall–Kier alpha value is -0.0800. The highest BCUT2D eigenvalue weighted by Crippen LogP contribution is 2.35. The molecule has 0 saturated heterocycles. The van der Waals surface area contributed by atoms with Crippen LogP contribution in [0.2, 0.25) is 0 Å². The molecule has 0 aromatic heterocycles. The van der Waals surface area contributed by atoms with E-state index in [1.54, 1.807) is 0 Å². The fourth-order valence-corrected chi connectivity index (χ4v) is 2.20. The molecule has 1 atom stereocenters. The second kappa shape index (κ2) is 7.24. The summed E-state index contributed by atoms with van der Waals surface area (Å²) in [5.41, 5.74) is 6.22. The zero-order valence-electron chi connectivity index (χ0n) is 10.5. The maximum atomic E-state index is 5.71. The molecule has 0 aromatic carbocycles. The normalized spacial score (nSPS) is 15.9. The van der Waals surface area contributed by atoms with Crippen molar-refractivity contribution in [1.29, 1.82) is 0 Å². The smallest absolute Gasteiger partial charge is 0.00195 e. The minimum Gasteiger partial charge on any atom is -0.330 e. The first-order chi connectivity index (χ1) is 6.60. The Morgan fingerprint density at radius 2 is 1.71 bits per heavy atom. The summed E-state index contributed by atoms with van der Waals surface area (Å²) < 4.78 is 0. The van der Waals surface area contributed by atoms with E-state index in [4.69, 9.17) is 5.73 Å². The quantitative estimate of drug-likeness (QED) is 0.652. The Kier molecular flexibility index (Phi) is 7.20. The van der Waals surface area contributed by atoms with E-state index in [1.807, 2.05) is 0 Å². The van der Waals surface area contributed by atoms with Crippen LogP contribution < -0.4 is 5.73 Å². The van der Waals surface area contributed by atoms with Gasteiger partial charge in [0.2, 0.25) is 0 Å². The van der Waals surface area contributed by atoms with E-state index in [-0.39, 0.29) is 0 Å². The summed E-state index contributed by atoms with van der Waals surface area (Å²) >= 11 is 0. The zero-order chi connectivity index (χ0) is 11.0. The Labute approximate surface area is 89.9 Å². The number of hydrogen-bond donors (Lipinski definition) is 1. The molecule has 0 aliphatic heterocycles. The Morgan fingerprint density at radius 3 is 2.07 bits per heavy atom. The van der Waals surface area contributed by atoms with Gasteiger partial charge in [0.05, 0.1) is 0 Å². The lowest BCUT2D eigenvalue weighted by molar-refractivity contribution is 0.185. The third-order valence-electron chi connectivity index (χ3n) is 3.29. The summed E-state index contributed by atoms with van der Waals surface area (Å²) in [4.78, 5) is 2.27. The molecule has 0 amide bonds. The van der Waals surface area contributed by atoms with Gasteiger partial charge in [-0.25, -0.2) is 0 Å². The van der Waals surface area contributed by atoms with Crippen LogP contribution >= 0.6 is 0 Å². The lowest BCUT2D eigenvalue weighted by Crippen LogP contribution is -2.28. The van der Waals surface area contributed by atoms with Crippen LogP contribution in [0.3, 0.4) is 0 Å². The second-order valence-corrected chi connectivity index (χ2v) is 4.70. The monoisotopic (exact) mass is 200 g/mol. The average molecular weight is 200 g/mol. The minimum absolute atomic E-state index is 0.508. The van der Waals surface area contributed by atoms with Crippen LogP contribution in [0.25, 0.3) is 0 Å². The van der Waals surface area contributed by atoms with Crippen molar-refractivity contribution in [1.82, 2.24) is 4.90 Å². The van der Waals surface area contributed by atoms with Gasteiger partial charge in [0.1, 0.15) is 0 Å². The predicted molar refractivity (Wildman–Crippen MR) is 64.5 cm³/mol. The molecule has 0 saturated carbocycles. The van der Waals surface area contributed by atoms with Gasteiger partial charge in [-0.05, 0) is 51.9 Å². The highest BCUT2D eigenvalue weighted by molar-refractivity contribution is 4.78. The summed E-state index contributed by atoms with van der Waals surface area (Å²) in [5, 5.41) is 0. The first-order valence-electron chi connectivity index (χ1n) is 5.95. The second-order valence-electron chi connectivity index (χ2n) is 4.70. The van der Waals surface area contributed by atoms with E-state index in [9.17, 15) is 0 Å². The van der Waals surface area contributed by atoms with Gasteiger partial charge in [-0.2, -0.15) is 0 Å². The number of nitrogens with two attached hydrogens (primary N) is 1. The van der Waals surface area contributed by atoms with E-state index in [0.29, 0.717) is 5.41 Å². The highest BCUT2D eigenvalue weighted by atomic mass is 15.0. The Bertz CT molecular complexity index is 126. The molecule has 0 heterocycles. The van der Waals surface area contributed by atoms with Crippen LogP contribution in [0.5, 0.6) is 0 Å². The van der Waals surface area contributed by atoms with Crippen molar-refractivity contribution >= 4 is 0 Å². The standard InChI is InChI=1S/C12H28N2/c1-5-7-12(6-2,8-10-13)9-11-14(3)4/h5-11,13H2,1-4H3. The fraction of sp³-hybridized carbons (Fsp3) is 1.00. The summed E-state index contributed by atoms with van der Waals surface area (Å²) in [7, 11) is 4.30. The van der Waals surface area contributed by atoms with Gasteiger partial charge < -0.3 is 10.6 Å². The molecule has 0 aliphatic carbocycles. The molecule has 0 aromatic rings. The molecule has 0 fully saturated rings. The van der Waals surface area contributed by atoms with E-state index in [2.05, 4.69) is 32.8 Å². The molecule has 0 bridgehead atoms. The van der Waals surface area contributed by atoms with Crippen molar-refractivity contribution in [2.24, 2.45) is 11.1 Å². The van der Waals surface area contributed by atoms with Gasteiger partial charge in [0.25, 0.3) is 0 Å². The largest absolute Gasteiger partial charge is 0.330 e. The Balaban J connectivity index is 4.17. The molecule has 0 radical (unpaired) electrons. The van der Waals surface area contributed by atoms with Crippen molar-refractivity contribution in [3.63, 3.8) is 0 Å². The van der Waals surface area contributed by atoms with Crippen molar-refractivity contribution in [2.75, 3.05) is 27.2 Å². The molecule has 14 heavy (non-hydrogen) atoms. The molecule has 2 nitrogen and oxygen atoms in total. The SMILES string of the molecule is CCCC(CC)(CCN)CCN(C)C. The van der Waals surface area contributed by atoms with Crippen LogP contribution in [0.1, 0.15) is 46.0 Å². The molecule has 1 unspecified atom stereocenters. The molecule has 86 valence electrons. The van der Waals surface area contributed by atoms with Gasteiger partial charge in [-0.3, -0.25) is 0 Å². The number of rotatable bonds is 8. The van der Waals surface area contributed by atoms with Gasteiger partial charge in [0.15, 0.2) is 0 Å². The molecule has 0 spiro atoms. The number of hydrogen-bond acceptors (Lipinski definition) is 2. The van der Waals surface area contributed by atoms with E-state index in [1.165, 1.54) is 38.6 Å². The van der Waals surface area contributed by atoms with Crippen molar-refractivity contribution in [3.05, 3.63) is 0 Å². The van der Waals surface area contributed by atoms with Gasteiger partial charge >= 0.3 is 0 Å². The summed E-state index contributed by atoms with van der Waals surface area (Å²) in [6.07, 6.45) is 6.36. The highest BCUT2D eigenvalue weighted by Gasteiger charge is 2.25. The third-order valence-corrected chi connectivity index (χ3v) is 3.29. The molecular formula is C12H28N2. The molecule has 2 heteroatoms. The molecule has 0 aliphatic rings. The van der Waals surface area contributed by atoms with Gasteiger partial charge in [-0.15, -0.1) is 0 Å². The fourth-order valence-electron chi connectivity index (χ4n) is 2.20. The van der Waals surface area contributed by atoms with Crippen molar-refractivity contribution < 1.29 is 0 Å². The lowest BCUT2D eigenvalue weighted by Gasteiger charge is -2.33. The lowest BCUT2D eigenvalue weighted by atomic mass is 9.75. The maximum absolute atomic E-state index is 5.71. The van der Waals surface area contributed by atoms with Crippen LogP contribution in [0.4, 0.5) is 0 Å². The van der Waals surface area contributed by atoms with Gasteiger partial charge in [0, 0.05) is 0 Å². The van der Waals surface area contributed by atoms with Crippen LogP contribution in [0, 0.1) is 5.41 Å². The first kappa shape index (κ1) is 13.9. The molecule has 0 rings (SSSR count). The van der Waals surface area contributed by atoms with Crippen molar-refractivity contribution in [3.8, 4) is 0 Å². The average Bonchev–Trinajstić information content (AvgIpc) is 2.15. The first-order valence-corrected chi connectivity index (χ1v) is 5.95.